The van der Waals surface area contributed by atoms with Crippen LogP contribution in [-0.4, -0.2) is 13.0 Å². The first-order valence-electron chi connectivity index (χ1n) is 7.46. The molecule has 2 rings (SSSR count). The smallest absolute Gasteiger partial charge is 0.244 e. The average molecular weight is 297 g/mol. The van der Waals surface area contributed by atoms with E-state index in [1.807, 2.05) is 0 Å². The van der Waals surface area contributed by atoms with Crippen LogP contribution >= 0.6 is 0 Å². The summed E-state index contributed by atoms with van der Waals surface area (Å²) in [6.45, 7) is 6.23. The summed E-state index contributed by atoms with van der Waals surface area (Å²) < 4.78 is 0. The highest BCUT2D eigenvalue weighted by Gasteiger charge is 2.19. The molecule has 0 saturated heterocycles. The van der Waals surface area contributed by atoms with Crippen molar-refractivity contribution in [3.63, 3.8) is 0 Å². The Morgan fingerprint density at radius 1 is 0.955 bits per heavy atom. The zero-order valence-corrected chi connectivity index (χ0v) is 13.6. The molecule has 0 aliphatic rings. The molecule has 0 saturated carbocycles. The van der Waals surface area contributed by atoms with Gasteiger partial charge in [0.15, 0.2) is 0 Å². The number of hydrogen-bond donors (Lipinski definition) is 1. The Bertz CT molecular complexity index is 627. The largest absolute Gasteiger partial charge is 0.277 e. The lowest BCUT2D eigenvalue weighted by Gasteiger charge is -2.19. The van der Waals surface area contributed by atoms with Crippen LogP contribution in [0.25, 0.3) is 0 Å². The number of carbonyl (C=O) groups excluding carboxylic acids is 1. The minimum absolute atomic E-state index is 0.0225. The summed E-state index contributed by atoms with van der Waals surface area (Å²) in [4.78, 5) is 16.7. The Morgan fingerprint density at radius 3 is 2.09 bits per heavy atom. The summed E-state index contributed by atoms with van der Waals surface area (Å²) in [5, 5.41) is 0. The van der Waals surface area contributed by atoms with Crippen molar-refractivity contribution in [2.45, 2.75) is 33.1 Å². The van der Waals surface area contributed by atoms with Crippen molar-refractivity contribution in [1.29, 1.82) is 0 Å². The second-order valence-corrected chi connectivity index (χ2v) is 5.82. The lowest BCUT2D eigenvalue weighted by molar-refractivity contribution is -0.131. The highest BCUT2D eigenvalue weighted by atomic mass is 16.6. The van der Waals surface area contributed by atoms with Crippen LogP contribution in [0.1, 0.15) is 40.2 Å². The van der Waals surface area contributed by atoms with E-state index in [-0.39, 0.29) is 11.8 Å². The molecule has 1 atom stereocenters. The molecular weight excluding hydrogens is 274 g/mol. The molecule has 0 aliphatic carbocycles. The van der Waals surface area contributed by atoms with Gasteiger partial charge in [-0.25, -0.2) is 5.48 Å². The average Bonchev–Trinajstić information content (AvgIpc) is 2.45. The molecule has 1 N–H and O–H groups in total. The Hall–Kier alpha value is -2.13. The van der Waals surface area contributed by atoms with Crippen LogP contribution in [0.15, 0.2) is 42.5 Å². The third-order valence-electron chi connectivity index (χ3n) is 3.73. The van der Waals surface area contributed by atoms with E-state index in [4.69, 9.17) is 4.84 Å². The first kappa shape index (κ1) is 16.2. The van der Waals surface area contributed by atoms with Gasteiger partial charge in [0.2, 0.25) is 5.91 Å². The lowest BCUT2D eigenvalue weighted by atomic mass is 9.86. The van der Waals surface area contributed by atoms with Crippen molar-refractivity contribution in [3.8, 4) is 0 Å². The Morgan fingerprint density at radius 2 is 1.55 bits per heavy atom. The van der Waals surface area contributed by atoms with Crippen molar-refractivity contribution >= 4 is 5.91 Å². The summed E-state index contributed by atoms with van der Waals surface area (Å²) >= 11 is 0. The van der Waals surface area contributed by atoms with Gasteiger partial charge in [-0.2, -0.15) is 0 Å². The lowest BCUT2D eigenvalue weighted by Crippen LogP contribution is -2.24. The summed E-state index contributed by atoms with van der Waals surface area (Å²) in [6.07, 6.45) is 0.361. The van der Waals surface area contributed by atoms with Gasteiger partial charge in [-0.1, -0.05) is 59.2 Å². The molecule has 0 spiro atoms. The second kappa shape index (κ2) is 7.23. The van der Waals surface area contributed by atoms with Gasteiger partial charge in [-0.15, -0.1) is 0 Å². The molecule has 2 aromatic rings. The van der Waals surface area contributed by atoms with E-state index in [9.17, 15) is 4.79 Å². The number of nitrogens with one attached hydrogen (secondary N) is 1. The predicted octanol–water partition coefficient (Wildman–Crippen LogP) is 3.81. The van der Waals surface area contributed by atoms with Gasteiger partial charge in [0.05, 0.1) is 7.11 Å². The van der Waals surface area contributed by atoms with Crippen molar-refractivity contribution < 1.29 is 9.63 Å². The van der Waals surface area contributed by atoms with Crippen molar-refractivity contribution in [2.75, 3.05) is 7.11 Å². The van der Waals surface area contributed by atoms with Gasteiger partial charge < -0.3 is 0 Å². The standard InChI is InChI=1S/C19H23NO2/c1-13-5-7-16(8-6-13)18(12-19(21)20-22-4)17-10-14(2)9-15(3)11-17/h5-11,18H,12H2,1-4H3,(H,20,21). The van der Waals surface area contributed by atoms with E-state index in [0.717, 1.165) is 11.1 Å². The van der Waals surface area contributed by atoms with Gasteiger partial charge in [-0.05, 0) is 31.9 Å². The fourth-order valence-corrected chi connectivity index (χ4v) is 2.78. The zero-order valence-electron chi connectivity index (χ0n) is 13.6. The molecule has 3 nitrogen and oxygen atoms in total. The third kappa shape index (κ3) is 4.18. The summed E-state index contributed by atoms with van der Waals surface area (Å²) in [7, 11) is 1.45. The van der Waals surface area contributed by atoms with Gasteiger partial charge >= 0.3 is 0 Å². The van der Waals surface area contributed by atoms with E-state index in [0.29, 0.717) is 6.42 Å². The highest BCUT2D eigenvalue weighted by molar-refractivity contribution is 5.76. The molecule has 3 heteroatoms. The number of carbonyl (C=O) groups is 1. The number of hydroxylamine groups is 1. The SMILES string of the molecule is CONC(=O)CC(c1ccc(C)cc1)c1cc(C)cc(C)c1. The van der Waals surface area contributed by atoms with Crippen LogP contribution in [0, 0.1) is 20.8 Å². The Labute approximate surface area is 132 Å². The molecular formula is C19H23NO2. The van der Waals surface area contributed by atoms with Crippen LogP contribution in [-0.2, 0) is 9.63 Å². The molecule has 0 aromatic heterocycles. The highest BCUT2D eigenvalue weighted by Crippen LogP contribution is 2.29. The maximum Gasteiger partial charge on any atom is 0.244 e. The van der Waals surface area contributed by atoms with Crippen LogP contribution in [0.4, 0.5) is 0 Å². The topological polar surface area (TPSA) is 38.3 Å². The van der Waals surface area contributed by atoms with Gasteiger partial charge in [0, 0.05) is 12.3 Å². The summed E-state index contributed by atoms with van der Waals surface area (Å²) in [5.41, 5.74) is 8.35. The van der Waals surface area contributed by atoms with E-state index in [1.165, 1.54) is 23.8 Å². The number of hydrogen-bond acceptors (Lipinski definition) is 2. The van der Waals surface area contributed by atoms with E-state index in [1.54, 1.807) is 0 Å². The molecule has 0 heterocycles. The Kier molecular flexibility index (Phi) is 5.34. The predicted molar refractivity (Wildman–Crippen MR) is 88.7 cm³/mol. The maximum atomic E-state index is 12.0. The quantitative estimate of drug-likeness (QED) is 0.852. The monoisotopic (exact) mass is 297 g/mol. The molecule has 0 aliphatic heterocycles. The fourth-order valence-electron chi connectivity index (χ4n) is 2.78. The number of benzene rings is 2. The van der Waals surface area contributed by atoms with E-state index >= 15 is 0 Å². The summed E-state index contributed by atoms with van der Waals surface area (Å²) in [6, 6.07) is 14.8. The van der Waals surface area contributed by atoms with Crippen LogP contribution in [0.5, 0.6) is 0 Å². The van der Waals surface area contributed by atoms with Crippen LogP contribution in [0.2, 0.25) is 0 Å². The maximum absolute atomic E-state index is 12.0. The van der Waals surface area contributed by atoms with E-state index in [2.05, 4.69) is 68.7 Å². The molecule has 22 heavy (non-hydrogen) atoms. The minimum Gasteiger partial charge on any atom is -0.277 e. The van der Waals surface area contributed by atoms with Crippen LogP contribution in [0.3, 0.4) is 0 Å². The number of rotatable bonds is 5. The first-order valence-corrected chi connectivity index (χ1v) is 7.46. The third-order valence-corrected chi connectivity index (χ3v) is 3.73. The van der Waals surface area contributed by atoms with E-state index < -0.39 is 0 Å². The molecule has 0 bridgehead atoms. The van der Waals surface area contributed by atoms with Crippen molar-refractivity contribution in [3.05, 3.63) is 70.3 Å². The van der Waals surface area contributed by atoms with Crippen LogP contribution < -0.4 is 5.48 Å². The normalized spacial score (nSPS) is 12.0. The minimum atomic E-state index is -0.118. The zero-order chi connectivity index (χ0) is 16.1. The fraction of sp³-hybridized carbons (Fsp3) is 0.316. The van der Waals surface area contributed by atoms with Crippen molar-refractivity contribution in [1.82, 2.24) is 5.48 Å². The van der Waals surface area contributed by atoms with Gasteiger partial charge in [-0.3, -0.25) is 9.63 Å². The van der Waals surface area contributed by atoms with Gasteiger partial charge in [0.25, 0.3) is 0 Å². The summed E-state index contributed by atoms with van der Waals surface area (Å²) in [5.74, 6) is -0.0958. The van der Waals surface area contributed by atoms with Gasteiger partial charge in [0.1, 0.15) is 0 Å². The Balaban J connectivity index is 2.40. The second-order valence-electron chi connectivity index (χ2n) is 5.82. The molecule has 1 amide bonds. The molecule has 0 radical (unpaired) electrons. The van der Waals surface area contributed by atoms with Crippen molar-refractivity contribution in [2.24, 2.45) is 0 Å². The molecule has 0 fully saturated rings. The molecule has 116 valence electrons. The first-order chi connectivity index (χ1) is 10.5. The number of amides is 1. The molecule has 1 unspecified atom stereocenters. The number of aryl methyl sites for hydroxylation is 3. The molecule has 2 aromatic carbocycles.